The van der Waals surface area contributed by atoms with E-state index in [-0.39, 0.29) is 23.7 Å². The van der Waals surface area contributed by atoms with Crippen molar-refractivity contribution in [1.82, 2.24) is 24.3 Å². The van der Waals surface area contributed by atoms with Gasteiger partial charge in [0.1, 0.15) is 24.4 Å². The number of fused-ring (bicyclic) bond motifs is 1. The van der Waals surface area contributed by atoms with Gasteiger partial charge in [-0.3, -0.25) is 4.98 Å². The Morgan fingerprint density at radius 1 is 1.42 bits per heavy atom. The molecule has 3 heterocycles. The fraction of sp³-hybridized carbons (Fsp3) is 0.684. The Bertz CT molecular complexity index is 1000. The van der Waals surface area contributed by atoms with Crippen LogP contribution in [0.2, 0.25) is 0 Å². The van der Waals surface area contributed by atoms with Gasteiger partial charge in [0.2, 0.25) is 5.95 Å². The van der Waals surface area contributed by atoms with Crippen molar-refractivity contribution in [1.29, 1.82) is 0 Å². The number of oxime groups is 1. The maximum absolute atomic E-state index is 12.1. The summed E-state index contributed by atoms with van der Waals surface area (Å²) in [6.07, 6.45) is -0.267. The molecule has 33 heavy (non-hydrogen) atoms. The van der Waals surface area contributed by atoms with E-state index in [1.807, 2.05) is 39.3 Å². The highest BCUT2D eigenvalue weighted by atomic mass is 31.2. The minimum atomic E-state index is -1.73. The van der Waals surface area contributed by atoms with Crippen molar-refractivity contribution in [3.05, 3.63) is 22.2 Å². The molecule has 5 atom stereocenters. The summed E-state index contributed by atoms with van der Waals surface area (Å²) in [5, 5.41) is 29.1. The number of nitrogens with two attached hydrogens (primary N) is 1. The van der Waals surface area contributed by atoms with Gasteiger partial charge in [-0.25, -0.2) is 9.46 Å². The number of nitrogen functional groups attached to an aromatic ring is 1. The number of H-pyrrole nitrogens is 1. The zero-order valence-corrected chi connectivity index (χ0v) is 20.2. The Labute approximate surface area is 192 Å². The Morgan fingerprint density at radius 3 is 2.73 bits per heavy atom. The van der Waals surface area contributed by atoms with Crippen LogP contribution in [0.1, 0.15) is 52.7 Å². The van der Waals surface area contributed by atoms with Crippen molar-refractivity contribution in [2.75, 3.05) is 12.3 Å². The van der Waals surface area contributed by atoms with Gasteiger partial charge in [-0.2, -0.15) is 14.6 Å². The summed E-state index contributed by atoms with van der Waals surface area (Å²) in [6.45, 7) is 9.55. The van der Waals surface area contributed by atoms with Crippen molar-refractivity contribution in [2.45, 2.75) is 77.5 Å². The highest BCUT2D eigenvalue weighted by Gasteiger charge is 2.49. The third kappa shape index (κ3) is 5.34. The Morgan fingerprint density at radius 2 is 2.12 bits per heavy atom. The van der Waals surface area contributed by atoms with Gasteiger partial charge >= 0.3 is 14.2 Å². The predicted octanol–water partition coefficient (Wildman–Crippen LogP) is 0.936. The lowest BCUT2D eigenvalue weighted by Crippen LogP contribution is -2.39. The van der Waals surface area contributed by atoms with E-state index in [1.165, 1.54) is 6.20 Å². The molecular formula is C19H32N7O6P. The first-order valence-electron chi connectivity index (χ1n) is 10.8. The van der Waals surface area contributed by atoms with Crippen molar-refractivity contribution < 1.29 is 24.1 Å². The van der Waals surface area contributed by atoms with Gasteiger partial charge in [0.15, 0.2) is 5.65 Å². The maximum atomic E-state index is 12.1. The molecule has 0 aromatic carbocycles. The average molecular weight is 485 g/mol. The van der Waals surface area contributed by atoms with Crippen LogP contribution < -0.4 is 11.4 Å². The van der Waals surface area contributed by atoms with Gasteiger partial charge in [0, 0.05) is 23.9 Å². The van der Waals surface area contributed by atoms with Crippen LogP contribution in [0, 0.1) is 0 Å². The molecule has 1 aliphatic rings. The number of aliphatic hydroxyl groups excluding tert-OH is 2. The standard InChI is InChI=1S/C19H32N7O6P/c1-6-7-22-32-33(26(10(2)3)11(4)5)31-16-13(9-27)30-15(14(16)28)12-8-21-25-17(12)23-18(20)24-19(25)29/h7-8,10-11,13-16,27-28H,6,9H2,1-5H3,(H3,20,23,24,29)/b22-7+. The second-order valence-corrected chi connectivity index (χ2v) is 9.50. The van der Waals surface area contributed by atoms with Crippen molar-refractivity contribution in [3.8, 4) is 0 Å². The van der Waals surface area contributed by atoms with Gasteiger partial charge in [-0.1, -0.05) is 12.1 Å². The summed E-state index contributed by atoms with van der Waals surface area (Å²) in [5.74, 6) is -0.0940. The molecular weight excluding hydrogens is 453 g/mol. The summed E-state index contributed by atoms with van der Waals surface area (Å²) in [7, 11) is -1.73. The molecule has 0 amide bonds. The topological polar surface area (TPSA) is 173 Å². The molecule has 2 aromatic heterocycles. The Balaban J connectivity index is 1.92. The van der Waals surface area contributed by atoms with Gasteiger partial charge in [-0.15, -0.1) is 0 Å². The van der Waals surface area contributed by atoms with E-state index in [0.29, 0.717) is 12.0 Å². The molecule has 3 rings (SSSR count). The SMILES string of the molecule is CC/C=N/OP(OC1C(CO)OC(c2cnn3c(=O)[nH]c(N)nc23)C1O)N(C(C)C)C(C)C. The third-order valence-electron chi connectivity index (χ3n) is 5.08. The molecule has 0 radical (unpaired) electrons. The summed E-state index contributed by atoms with van der Waals surface area (Å²) in [5.41, 5.74) is 5.60. The fourth-order valence-electron chi connectivity index (χ4n) is 3.73. The first-order chi connectivity index (χ1) is 15.7. The molecule has 184 valence electrons. The highest BCUT2D eigenvalue weighted by molar-refractivity contribution is 7.44. The van der Waals surface area contributed by atoms with Crippen molar-refractivity contribution >= 4 is 26.3 Å². The van der Waals surface area contributed by atoms with Gasteiger partial charge < -0.3 is 29.8 Å². The first kappa shape index (κ1) is 25.5. The third-order valence-corrected chi connectivity index (χ3v) is 7.04. The molecule has 0 spiro atoms. The number of anilines is 1. The van der Waals surface area contributed by atoms with Crippen LogP contribution in [-0.2, 0) is 13.9 Å². The van der Waals surface area contributed by atoms with Crippen LogP contribution in [0.25, 0.3) is 5.65 Å². The number of hydrogen-bond acceptors (Lipinski definition) is 11. The number of hydrogen-bond donors (Lipinski definition) is 4. The van der Waals surface area contributed by atoms with E-state index in [1.54, 1.807) is 6.21 Å². The van der Waals surface area contributed by atoms with Crippen molar-refractivity contribution in [2.24, 2.45) is 5.16 Å². The van der Waals surface area contributed by atoms with Crippen molar-refractivity contribution in [3.63, 3.8) is 0 Å². The van der Waals surface area contributed by atoms with Gasteiger partial charge in [0.05, 0.1) is 12.8 Å². The predicted molar refractivity (Wildman–Crippen MR) is 122 cm³/mol. The summed E-state index contributed by atoms with van der Waals surface area (Å²) in [6, 6.07) is 0.128. The summed E-state index contributed by atoms with van der Waals surface area (Å²) >= 11 is 0. The fourth-order valence-corrected chi connectivity index (χ4v) is 5.34. The van der Waals surface area contributed by atoms with E-state index in [9.17, 15) is 15.0 Å². The molecule has 1 saturated heterocycles. The Kier molecular flexibility index (Phi) is 8.38. The lowest BCUT2D eigenvalue weighted by atomic mass is 10.0. The van der Waals surface area contributed by atoms with E-state index < -0.39 is 45.2 Å². The molecule has 5 N–H and O–H groups in total. The van der Waals surface area contributed by atoms with Crippen LogP contribution >= 0.6 is 8.53 Å². The quantitative estimate of drug-likeness (QED) is 0.215. The zero-order valence-electron chi connectivity index (χ0n) is 19.3. The monoisotopic (exact) mass is 485 g/mol. The van der Waals surface area contributed by atoms with Crippen LogP contribution in [0.3, 0.4) is 0 Å². The van der Waals surface area contributed by atoms with Crippen LogP contribution in [0.5, 0.6) is 0 Å². The molecule has 2 aromatic rings. The number of aliphatic hydroxyl groups is 2. The van der Waals surface area contributed by atoms with E-state index >= 15 is 0 Å². The maximum Gasteiger partial charge on any atom is 0.350 e. The minimum Gasteiger partial charge on any atom is -0.394 e. The number of aromatic amines is 1. The molecule has 1 aliphatic heterocycles. The molecule has 5 unspecified atom stereocenters. The molecule has 13 nitrogen and oxygen atoms in total. The van der Waals surface area contributed by atoms with E-state index in [0.717, 1.165) is 4.52 Å². The molecule has 1 fully saturated rings. The number of ether oxygens (including phenoxy) is 1. The van der Waals surface area contributed by atoms with E-state index in [2.05, 4.69) is 20.2 Å². The number of rotatable bonds is 10. The smallest absolute Gasteiger partial charge is 0.350 e. The molecule has 0 aliphatic carbocycles. The van der Waals surface area contributed by atoms with Gasteiger partial charge in [0.25, 0.3) is 0 Å². The summed E-state index contributed by atoms with van der Waals surface area (Å²) in [4.78, 5) is 18.6. The molecule has 0 bridgehead atoms. The second-order valence-electron chi connectivity index (χ2n) is 8.18. The normalized spacial score (nSPS) is 24.7. The minimum absolute atomic E-state index is 0.0642. The zero-order chi connectivity index (χ0) is 24.3. The van der Waals surface area contributed by atoms with E-state index in [4.69, 9.17) is 19.6 Å². The average Bonchev–Trinajstić information content (AvgIpc) is 3.28. The largest absolute Gasteiger partial charge is 0.394 e. The lowest BCUT2D eigenvalue weighted by Gasteiger charge is -2.35. The van der Waals surface area contributed by atoms with Gasteiger partial charge in [-0.05, 0) is 34.1 Å². The first-order valence-corrected chi connectivity index (χ1v) is 11.9. The van der Waals surface area contributed by atoms with Crippen LogP contribution in [-0.4, -0.2) is 77.7 Å². The second kappa shape index (κ2) is 10.9. The number of nitrogens with zero attached hydrogens (tertiary/aromatic N) is 5. The molecule has 0 saturated carbocycles. The number of nitrogens with one attached hydrogen (secondary N) is 1. The number of aromatic nitrogens is 4. The van der Waals surface area contributed by atoms with Crippen LogP contribution in [0.4, 0.5) is 5.95 Å². The lowest BCUT2D eigenvalue weighted by molar-refractivity contribution is -0.0203. The van der Waals surface area contributed by atoms with Crippen LogP contribution in [0.15, 0.2) is 16.1 Å². The molecule has 14 heteroatoms. The highest BCUT2D eigenvalue weighted by Crippen LogP contribution is 2.50. The summed E-state index contributed by atoms with van der Waals surface area (Å²) < 4.78 is 20.9. The Hall–Kier alpha value is -2.15.